The van der Waals surface area contributed by atoms with Gasteiger partial charge in [-0.1, -0.05) is 25.4 Å². The number of benzene rings is 1. The fourth-order valence-corrected chi connectivity index (χ4v) is 2.31. The molecule has 0 aliphatic rings. The number of hydrogen-bond donors (Lipinski definition) is 1. The van der Waals surface area contributed by atoms with E-state index in [2.05, 4.69) is 28.7 Å². The molecule has 0 bridgehead atoms. The summed E-state index contributed by atoms with van der Waals surface area (Å²) in [6.45, 7) is 7.28. The Labute approximate surface area is 124 Å². The van der Waals surface area contributed by atoms with Crippen LogP contribution in [0.25, 0.3) is 0 Å². The van der Waals surface area contributed by atoms with E-state index >= 15 is 0 Å². The maximum Gasteiger partial charge on any atom is 0.207 e. The van der Waals surface area contributed by atoms with Crippen LogP contribution in [0.15, 0.2) is 24.4 Å². The molecule has 0 atom stereocenters. The van der Waals surface area contributed by atoms with E-state index in [4.69, 9.17) is 16.3 Å². The molecule has 0 aliphatic carbocycles. The number of anilines is 2. The van der Waals surface area contributed by atoms with Crippen LogP contribution in [-0.4, -0.2) is 16.7 Å². The third kappa shape index (κ3) is 3.45. The number of ether oxygens (including phenoxy) is 1. The molecule has 0 fully saturated rings. The van der Waals surface area contributed by atoms with Crippen LogP contribution >= 0.6 is 11.6 Å². The average molecular weight is 294 g/mol. The normalized spacial score (nSPS) is 10.9. The Balaban J connectivity index is 2.23. The van der Waals surface area contributed by atoms with Crippen molar-refractivity contribution in [2.45, 2.75) is 27.3 Å². The monoisotopic (exact) mass is 293 g/mol. The van der Waals surface area contributed by atoms with Crippen LogP contribution < -0.4 is 10.1 Å². The first-order valence-corrected chi connectivity index (χ1v) is 7.01. The lowest BCUT2D eigenvalue weighted by Gasteiger charge is -2.12. The van der Waals surface area contributed by atoms with Crippen molar-refractivity contribution >= 4 is 23.2 Å². The second-order valence-electron chi connectivity index (χ2n) is 5.23. The number of aromatic nitrogens is 2. The van der Waals surface area contributed by atoms with Gasteiger partial charge in [0.25, 0.3) is 0 Å². The van der Waals surface area contributed by atoms with Crippen molar-refractivity contribution in [1.82, 2.24) is 9.55 Å². The fraction of sp³-hybridized carbons (Fsp3) is 0.400. The molecule has 4 nitrogen and oxygen atoms in total. The van der Waals surface area contributed by atoms with Crippen molar-refractivity contribution in [2.75, 3.05) is 12.4 Å². The van der Waals surface area contributed by atoms with Crippen molar-refractivity contribution in [3.63, 3.8) is 0 Å². The predicted octanol–water partition coefficient (Wildman–Crippen LogP) is 4.25. The maximum atomic E-state index is 6.13. The zero-order valence-electron chi connectivity index (χ0n) is 12.3. The molecule has 0 amide bonds. The molecule has 1 aromatic carbocycles. The third-order valence-electron chi connectivity index (χ3n) is 2.87. The van der Waals surface area contributed by atoms with Gasteiger partial charge in [0.1, 0.15) is 5.75 Å². The van der Waals surface area contributed by atoms with Crippen LogP contribution in [0.2, 0.25) is 5.02 Å². The molecule has 108 valence electrons. The molecule has 0 saturated carbocycles. The summed E-state index contributed by atoms with van der Waals surface area (Å²) in [5, 5.41) is 3.88. The molecule has 0 radical (unpaired) electrons. The van der Waals surface area contributed by atoms with Crippen LogP contribution in [0.5, 0.6) is 5.75 Å². The van der Waals surface area contributed by atoms with Gasteiger partial charge in [0, 0.05) is 18.4 Å². The van der Waals surface area contributed by atoms with E-state index in [1.54, 1.807) is 7.11 Å². The molecule has 2 aromatic rings. The van der Waals surface area contributed by atoms with Gasteiger partial charge in [0.05, 0.1) is 17.8 Å². The molecular weight excluding hydrogens is 274 g/mol. The quantitative estimate of drug-likeness (QED) is 0.895. The molecule has 1 N–H and O–H groups in total. The molecule has 0 unspecified atom stereocenters. The van der Waals surface area contributed by atoms with Crippen molar-refractivity contribution in [2.24, 2.45) is 5.92 Å². The average Bonchev–Trinajstić information content (AvgIpc) is 2.68. The summed E-state index contributed by atoms with van der Waals surface area (Å²) in [7, 11) is 1.60. The highest BCUT2D eigenvalue weighted by molar-refractivity contribution is 6.32. The molecule has 0 aliphatic heterocycles. The number of imidazole rings is 1. The first kappa shape index (κ1) is 14.7. The molecule has 2 rings (SSSR count). The maximum absolute atomic E-state index is 6.13. The standard InChI is InChI=1S/C15H20ClN3O/c1-10(2)8-19-9-11(3)17-15(19)18-12-5-6-14(20-4)13(16)7-12/h5-7,9-10H,8H2,1-4H3,(H,17,18). The van der Waals surface area contributed by atoms with Gasteiger partial charge in [0.2, 0.25) is 5.95 Å². The summed E-state index contributed by atoms with van der Waals surface area (Å²) >= 11 is 6.13. The summed E-state index contributed by atoms with van der Waals surface area (Å²) in [5.41, 5.74) is 1.89. The van der Waals surface area contributed by atoms with Gasteiger partial charge in [-0.15, -0.1) is 0 Å². The number of hydrogen-bond acceptors (Lipinski definition) is 3. The van der Waals surface area contributed by atoms with Gasteiger partial charge < -0.3 is 14.6 Å². The molecule has 0 saturated heterocycles. The van der Waals surface area contributed by atoms with E-state index in [0.717, 1.165) is 23.9 Å². The zero-order chi connectivity index (χ0) is 14.7. The first-order chi connectivity index (χ1) is 9.49. The number of halogens is 1. The molecule has 1 heterocycles. The summed E-state index contributed by atoms with van der Waals surface area (Å²) in [4.78, 5) is 4.51. The highest BCUT2D eigenvalue weighted by Gasteiger charge is 2.09. The Bertz CT molecular complexity index is 593. The summed E-state index contributed by atoms with van der Waals surface area (Å²) in [6, 6.07) is 5.60. The second kappa shape index (κ2) is 6.18. The minimum absolute atomic E-state index is 0.559. The van der Waals surface area contributed by atoms with Gasteiger partial charge >= 0.3 is 0 Å². The first-order valence-electron chi connectivity index (χ1n) is 6.64. The lowest BCUT2D eigenvalue weighted by Crippen LogP contribution is -2.07. The van der Waals surface area contributed by atoms with Gasteiger partial charge in [-0.05, 0) is 31.0 Å². The summed E-state index contributed by atoms with van der Waals surface area (Å²) < 4.78 is 7.27. The second-order valence-corrected chi connectivity index (χ2v) is 5.63. The number of aryl methyl sites for hydroxylation is 1. The van der Waals surface area contributed by atoms with Crippen molar-refractivity contribution in [1.29, 1.82) is 0 Å². The Morgan fingerprint density at radius 2 is 2.15 bits per heavy atom. The number of methoxy groups -OCH3 is 1. The van der Waals surface area contributed by atoms with Gasteiger partial charge in [0.15, 0.2) is 0 Å². The molecule has 0 spiro atoms. The highest BCUT2D eigenvalue weighted by Crippen LogP contribution is 2.28. The van der Waals surface area contributed by atoms with E-state index in [-0.39, 0.29) is 0 Å². The van der Waals surface area contributed by atoms with E-state index in [0.29, 0.717) is 16.7 Å². The lowest BCUT2D eigenvalue weighted by molar-refractivity contribution is 0.415. The van der Waals surface area contributed by atoms with Gasteiger partial charge in [-0.3, -0.25) is 0 Å². The van der Waals surface area contributed by atoms with E-state index < -0.39 is 0 Å². The van der Waals surface area contributed by atoms with Crippen molar-refractivity contribution in [3.05, 3.63) is 35.1 Å². The van der Waals surface area contributed by atoms with Crippen LogP contribution in [0.3, 0.4) is 0 Å². The Kier molecular flexibility index (Phi) is 4.55. The van der Waals surface area contributed by atoms with Crippen molar-refractivity contribution in [3.8, 4) is 5.75 Å². The van der Waals surface area contributed by atoms with Crippen LogP contribution in [0, 0.1) is 12.8 Å². The fourth-order valence-electron chi connectivity index (χ4n) is 2.05. The zero-order valence-corrected chi connectivity index (χ0v) is 13.0. The Morgan fingerprint density at radius 1 is 1.40 bits per heavy atom. The Hall–Kier alpha value is -1.68. The van der Waals surface area contributed by atoms with Crippen molar-refractivity contribution < 1.29 is 4.74 Å². The summed E-state index contributed by atoms with van der Waals surface area (Å²) in [6.07, 6.45) is 2.05. The minimum atomic E-state index is 0.559. The van der Waals surface area contributed by atoms with Gasteiger partial charge in [-0.2, -0.15) is 0 Å². The lowest BCUT2D eigenvalue weighted by atomic mass is 10.2. The van der Waals surface area contributed by atoms with E-state index in [9.17, 15) is 0 Å². The predicted molar refractivity (Wildman–Crippen MR) is 83.1 cm³/mol. The summed E-state index contributed by atoms with van der Waals surface area (Å²) in [5.74, 6) is 2.06. The number of nitrogens with zero attached hydrogens (tertiary/aromatic N) is 2. The van der Waals surface area contributed by atoms with Gasteiger partial charge in [-0.25, -0.2) is 4.98 Å². The third-order valence-corrected chi connectivity index (χ3v) is 3.16. The topological polar surface area (TPSA) is 39.1 Å². The van der Waals surface area contributed by atoms with Crippen LogP contribution in [0.4, 0.5) is 11.6 Å². The van der Waals surface area contributed by atoms with Crippen LogP contribution in [0.1, 0.15) is 19.5 Å². The minimum Gasteiger partial charge on any atom is -0.495 e. The van der Waals surface area contributed by atoms with E-state index in [1.807, 2.05) is 31.3 Å². The number of rotatable bonds is 5. The molecule has 1 aromatic heterocycles. The SMILES string of the molecule is COc1ccc(Nc2nc(C)cn2CC(C)C)cc1Cl. The molecule has 5 heteroatoms. The van der Waals surface area contributed by atoms with E-state index in [1.165, 1.54) is 0 Å². The van der Waals surface area contributed by atoms with Crippen LogP contribution in [-0.2, 0) is 6.54 Å². The highest BCUT2D eigenvalue weighted by atomic mass is 35.5. The largest absolute Gasteiger partial charge is 0.495 e. The smallest absolute Gasteiger partial charge is 0.207 e. The molecular formula is C15H20ClN3O. The Morgan fingerprint density at radius 3 is 2.75 bits per heavy atom. The molecule has 20 heavy (non-hydrogen) atoms. The number of nitrogens with one attached hydrogen (secondary N) is 1.